The second-order valence-electron chi connectivity index (χ2n) is 5.92. The maximum Gasteiger partial charge on any atom is 0.0816 e. The number of likely N-dealkylation sites (tertiary alicyclic amines) is 1. The van der Waals surface area contributed by atoms with Crippen LogP contribution >= 0.6 is 12.2 Å². The van der Waals surface area contributed by atoms with Crippen molar-refractivity contribution in [1.29, 1.82) is 0 Å². The molecule has 2 rings (SSSR count). The normalized spacial score (nSPS) is 21.2. The third-order valence-corrected chi connectivity index (χ3v) is 4.32. The molecular formula is C16H25N3S. The molecule has 1 heterocycles. The van der Waals surface area contributed by atoms with E-state index in [1.54, 1.807) is 0 Å². The van der Waals surface area contributed by atoms with Crippen LogP contribution in [0.1, 0.15) is 24.3 Å². The fraction of sp³-hybridized carbons (Fsp3) is 0.562. The topological polar surface area (TPSA) is 32.5 Å². The highest BCUT2D eigenvalue weighted by Crippen LogP contribution is 2.24. The summed E-state index contributed by atoms with van der Waals surface area (Å²) in [5.41, 5.74) is 7.22. The highest BCUT2D eigenvalue weighted by Gasteiger charge is 2.28. The number of likely N-dealkylation sites (N-methyl/N-ethyl adjacent to an activating group) is 1. The van der Waals surface area contributed by atoms with Gasteiger partial charge in [0.2, 0.25) is 0 Å². The number of thiocarbonyl (C=S) groups is 1. The molecule has 2 N–H and O–H groups in total. The fourth-order valence-electron chi connectivity index (χ4n) is 3.04. The van der Waals surface area contributed by atoms with Crippen LogP contribution in [0.3, 0.4) is 0 Å². The molecule has 0 aliphatic carbocycles. The Labute approximate surface area is 127 Å². The molecule has 110 valence electrons. The van der Waals surface area contributed by atoms with Gasteiger partial charge >= 0.3 is 0 Å². The molecule has 2 atom stereocenters. The van der Waals surface area contributed by atoms with E-state index in [9.17, 15) is 0 Å². The zero-order valence-electron chi connectivity index (χ0n) is 12.5. The van der Waals surface area contributed by atoms with Gasteiger partial charge in [-0.05, 0) is 39.0 Å². The van der Waals surface area contributed by atoms with E-state index in [0.717, 1.165) is 19.6 Å². The van der Waals surface area contributed by atoms with Gasteiger partial charge in [0.25, 0.3) is 0 Å². The number of rotatable bonds is 6. The molecule has 0 saturated carbocycles. The van der Waals surface area contributed by atoms with Crippen LogP contribution in [-0.2, 0) is 0 Å². The molecule has 0 amide bonds. The van der Waals surface area contributed by atoms with Crippen molar-refractivity contribution in [1.82, 2.24) is 9.80 Å². The zero-order valence-corrected chi connectivity index (χ0v) is 13.3. The van der Waals surface area contributed by atoms with E-state index < -0.39 is 0 Å². The number of nitrogens with two attached hydrogens (primary N) is 1. The zero-order chi connectivity index (χ0) is 14.5. The summed E-state index contributed by atoms with van der Waals surface area (Å²) < 4.78 is 0. The van der Waals surface area contributed by atoms with Crippen molar-refractivity contribution in [3.8, 4) is 0 Å². The van der Waals surface area contributed by atoms with E-state index in [1.165, 1.54) is 18.4 Å². The van der Waals surface area contributed by atoms with Gasteiger partial charge in [-0.15, -0.1) is 0 Å². The molecule has 1 aliphatic heterocycles. The van der Waals surface area contributed by atoms with Crippen LogP contribution in [0.5, 0.6) is 0 Å². The van der Waals surface area contributed by atoms with Gasteiger partial charge in [-0.3, -0.25) is 4.90 Å². The molecular weight excluding hydrogens is 266 g/mol. The van der Waals surface area contributed by atoms with E-state index >= 15 is 0 Å². The highest BCUT2D eigenvalue weighted by atomic mass is 32.1. The number of benzene rings is 1. The van der Waals surface area contributed by atoms with Crippen molar-refractivity contribution < 1.29 is 0 Å². The Bertz CT molecular complexity index is 433. The summed E-state index contributed by atoms with van der Waals surface area (Å²) in [7, 11) is 4.28. The van der Waals surface area contributed by atoms with Crippen molar-refractivity contribution >= 4 is 17.2 Å². The molecule has 3 nitrogen and oxygen atoms in total. The van der Waals surface area contributed by atoms with Gasteiger partial charge in [0.1, 0.15) is 0 Å². The molecule has 1 aliphatic rings. The van der Waals surface area contributed by atoms with E-state index in [0.29, 0.717) is 11.0 Å². The van der Waals surface area contributed by atoms with Gasteiger partial charge in [-0.2, -0.15) is 0 Å². The molecule has 4 heteroatoms. The van der Waals surface area contributed by atoms with E-state index in [4.69, 9.17) is 18.0 Å². The van der Waals surface area contributed by atoms with Gasteiger partial charge in [0, 0.05) is 25.0 Å². The Kier molecular flexibility index (Phi) is 5.52. The van der Waals surface area contributed by atoms with E-state index in [2.05, 4.69) is 48.2 Å². The summed E-state index contributed by atoms with van der Waals surface area (Å²) in [6.45, 7) is 3.21. The van der Waals surface area contributed by atoms with Crippen molar-refractivity contribution in [2.24, 2.45) is 5.73 Å². The summed E-state index contributed by atoms with van der Waals surface area (Å²) in [5, 5.41) is 0. The first-order valence-electron chi connectivity index (χ1n) is 7.31. The predicted molar refractivity (Wildman–Crippen MR) is 89.1 cm³/mol. The van der Waals surface area contributed by atoms with Crippen LogP contribution in [0, 0.1) is 0 Å². The molecule has 0 spiro atoms. The molecule has 20 heavy (non-hydrogen) atoms. The third-order valence-electron chi connectivity index (χ3n) is 4.04. The quantitative estimate of drug-likeness (QED) is 0.814. The molecule has 1 fully saturated rings. The second-order valence-corrected chi connectivity index (χ2v) is 6.39. The second kappa shape index (κ2) is 7.16. The van der Waals surface area contributed by atoms with Crippen LogP contribution in [0.25, 0.3) is 0 Å². The summed E-state index contributed by atoms with van der Waals surface area (Å²) in [6.07, 6.45) is 2.55. The first-order chi connectivity index (χ1) is 9.58. The minimum atomic E-state index is 0.161. The average Bonchev–Trinajstić information content (AvgIpc) is 2.83. The Balaban J connectivity index is 2.06. The van der Waals surface area contributed by atoms with Crippen molar-refractivity contribution in [2.45, 2.75) is 24.8 Å². The molecule has 1 aromatic carbocycles. The van der Waals surface area contributed by atoms with Crippen LogP contribution in [0.4, 0.5) is 0 Å². The molecule has 2 unspecified atom stereocenters. The lowest BCUT2D eigenvalue weighted by atomic mass is 9.98. The van der Waals surface area contributed by atoms with Gasteiger partial charge in [0.05, 0.1) is 4.99 Å². The number of nitrogens with zero attached hydrogens (tertiary/aromatic N) is 2. The van der Waals surface area contributed by atoms with Gasteiger partial charge < -0.3 is 10.6 Å². The number of hydrogen-bond donors (Lipinski definition) is 1. The maximum atomic E-state index is 5.99. The van der Waals surface area contributed by atoms with Crippen molar-refractivity contribution in [3.05, 3.63) is 35.9 Å². The smallest absolute Gasteiger partial charge is 0.0816 e. The lowest BCUT2D eigenvalue weighted by Gasteiger charge is -2.30. The Morgan fingerprint density at radius 3 is 2.70 bits per heavy atom. The van der Waals surface area contributed by atoms with Gasteiger partial charge in [-0.25, -0.2) is 0 Å². The van der Waals surface area contributed by atoms with Crippen LogP contribution < -0.4 is 5.73 Å². The Hall–Kier alpha value is -0.970. The minimum absolute atomic E-state index is 0.161. The summed E-state index contributed by atoms with van der Waals surface area (Å²) in [6, 6.07) is 11.0. The van der Waals surface area contributed by atoms with E-state index in [1.807, 2.05) is 6.07 Å². The van der Waals surface area contributed by atoms with Crippen LogP contribution in [0.15, 0.2) is 30.3 Å². The number of hydrogen-bond acceptors (Lipinski definition) is 3. The standard InChI is InChI=1S/C16H25N3S/c1-18(2)11-14-9-6-10-19(14)12-15(16(17)20)13-7-4-3-5-8-13/h3-5,7-8,14-15H,6,9-12H2,1-2H3,(H2,17,20). The lowest BCUT2D eigenvalue weighted by Crippen LogP contribution is -2.41. The van der Waals surface area contributed by atoms with Crippen molar-refractivity contribution in [2.75, 3.05) is 33.7 Å². The maximum absolute atomic E-state index is 5.99. The first kappa shape index (κ1) is 15.4. The van der Waals surface area contributed by atoms with Crippen LogP contribution in [-0.4, -0.2) is 54.6 Å². The Morgan fingerprint density at radius 2 is 2.10 bits per heavy atom. The largest absolute Gasteiger partial charge is 0.393 e. The lowest BCUT2D eigenvalue weighted by molar-refractivity contribution is 0.206. The molecule has 1 aromatic rings. The predicted octanol–water partition coefficient (Wildman–Crippen LogP) is 2.08. The summed E-state index contributed by atoms with van der Waals surface area (Å²) in [5.74, 6) is 0.161. The SMILES string of the molecule is CN(C)CC1CCCN1CC(C(N)=S)c1ccccc1. The molecule has 0 radical (unpaired) electrons. The van der Waals surface area contributed by atoms with Gasteiger partial charge in [0.15, 0.2) is 0 Å². The van der Waals surface area contributed by atoms with E-state index in [-0.39, 0.29) is 5.92 Å². The van der Waals surface area contributed by atoms with Crippen LogP contribution in [0.2, 0.25) is 0 Å². The summed E-state index contributed by atoms with van der Waals surface area (Å²) >= 11 is 5.30. The molecule has 0 bridgehead atoms. The molecule has 0 aromatic heterocycles. The van der Waals surface area contributed by atoms with Gasteiger partial charge in [-0.1, -0.05) is 42.5 Å². The minimum Gasteiger partial charge on any atom is -0.393 e. The van der Waals surface area contributed by atoms with Crippen molar-refractivity contribution in [3.63, 3.8) is 0 Å². The average molecular weight is 291 g/mol. The monoisotopic (exact) mass is 291 g/mol. The summed E-state index contributed by atoms with van der Waals surface area (Å²) in [4.78, 5) is 5.42. The Morgan fingerprint density at radius 1 is 1.40 bits per heavy atom. The fourth-order valence-corrected chi connectivity index (χ4v) is 3.25. The highest BCUT2D eigenvalue weighted by molar-refractivity contribution is 7.80. The molecule has 1 saturated heterocycles. The first-order valence-corrected chi connectivity index (χ1v) is 7.72. The third kappa shape index (κ3) is 4.01.